The number of nitrogens with one attached hydrogen (secondary N) is 1. The van der Waals surface area contributed by atoms with Crippen molar-refractivity contribution in [3.63, 3.8) is 0 Å². The highest BCUT2D eigenvalue weighted by atomic mass is 16.5. The van der Waals surface area contributed by atoms with E-state index in [2.05, 4.69) is 5.32 Å². The zero-order chi connectivity index (χ0) is 18.1. The van der Waals surface area contributed by atoms with E-state index in [0.717, 1.165) is 31.2 Å². The first kappa shape index (κ1) is 17.3. The van der Waals surface area contributed by atoms with Gasteiger partial charge in [-0.1, -0.05) is 6.07 Å². The first-order chi connectivity index (χ1) is 12.5. The molecule has 2 aliphatic rings. The third kappa shape index (κ3) is 3.41. The summed E-state index contributed by atoms with van der Waals surface area (Å²) in [6.45, 7) is 3.95. The van der Waals surface area contributed by atoms with Gasteiger partial charge < -0.3 is 19.2 Å². The second kappa shape index (κ2) is 6.89. The van der Waals surface area contributed by atoms with E-state index in [1.54, 1.807) is 6.07 Å². The third-order valence-corrected chi connectivity index (χ3v) is 5.39. The maximum Gasteiger partial charge on any atom is 0.420 e. The van der Waals surface area contributed by atoms with Crippen molar-refractivity contribution >= 4 is 17.0 Å². The van der Waals surface area contributed by atoms with E-state index in [4.69, 9.17) is 13.9 Å². The molecule has 7 nitrogen and oxygen atoms in total. The van der Waals surface area contributed by atoms with Crippen molar-refractivity contribution in [3.8, 4) is 0 Å². The fraction of sp³-hybridized carbons (Fsp3) is 0.579. The van der Waals surface area contributed by atoms with Crippen LogP contribution in [0.15, 0.2) is 27.4 Å². The van der Waals surface area contributed by atoms with Gasteiger partial charge in [-0.3, -0.25) is 9.36 Å². The standard InChI is InChI=1S/C19H24N2O5/c1-13-2-3-16-15(10-13)21(18(23)26-16)12-17(22)20-14-4-7-25-19(11-14)5-8-24-9-6-19/h2-3,10,14H,4-9,11-12H2,1H3,(H,20,22)/t14-/m1/s1. The number of benzene rings is 1. The summed E-state index contributed by atoms with van der Waals surface area (Å²) in [4.78, 5) is 24.7. The smallest absolute Gasteiger partial charge is 0.408 e. The van der Waals surface area contributed by atoms with Gasteiger partial charge in [-0.15, -0.1) is 0 Å². The molecule has 26 heavy (non-hydrogen) atoms. The summed E-state index contributed by atoms with van der Waals surface area (Å²) in [7, 11) is 0. The van der Waals surface area contributed by atoms with Gasteiger partial charge in [-0.05, 0) is 50.3 Å². The molecule has 0 unspecified atom stereocenters. The minimum Gasteiger partial charge on any atom is -0.408 e. The van der Waals surface area contributed by atoms with Crippen molar-refractivity contribution in [1.82, 2.24) is 9.88 Å². The summed E-state index contributed by atoms with van der Waals surface area (Å²) in [6, 6.07) is 5.56. The molecule has 7 heteroatoms. The molecule has 0 radical (unpaired) electrons. The minimum absolute atomic E-state index is 0.0389. The number of fused-ring (bicyclic) bond motifs is 1. The Morgan fingerprint density at radius 1 is 1.31 bits per heavy atom. The second-order valence-corrected chi connectivity index (χ2v) is 7.33. The Bertz CT molecular complexity index is 857. The molecular formula is C19H24N2O5. The summed E-state index contributed by atoms with van der Waals surface area (Å²) in [6.07, 6.45) is 3.31. The Labute approximate surface area is 151 Å². The van der Waals surface area contributed by atoms with E-state index < -0.39 is 5.76 Å². The molecule has 0 aliphatic carbocycles. The number of ether oxygens (including phenoxy) is 2. The molecule has 1 N–H and O–H groups in total. The lowest BCUT2D eigenvalue weighted by Gasteiger charge is -2.43. The molecule has 1 aromatic carbocycles. The van der Waals surface area contributed by atoms with E-state index in [0.29, 0.717) is 30.9 Å². The van der Waals surface area contributed by atoms with Crippen LogP contribution in [0.5, 0.6) is 0 Å². The van der Waals surface area contributed by atoms with E-state index in [1.165, 1.54) is 4.57 Å². The summed E-state index contributed by atoms with van der Waals surface area (Å²) in [5.41, 5.74) is 1.99. The lowest BCUT2D eigenvalue weighted by Crippen LogP contribution is -2.51. The third-order valence-electron chi connectivity index (χ3n) is 5.39. The van der Waals surface area contributed by atoms with Crippen LogP contribution in [0, 0.1) is 6.92 Å². The van der Waals surface area contributed by atoms with Gasteiger partial charge >= 0.3 is 5.76 Å². The van der Waals surface area contributed by atoms with Crippen LogP contribution in [0.4, 0.5) is 0 Å². The zero-order valence-corrected chi connectivity index (χ0v) is 15.0. The molecule has 3 heterocycles. The highest BCUT2D eigenvalue weighted by molar-refractivity contribution is 5.80. The molecule has 4 rings (SSSR count). The highest BCUT2D eigenvalue weighted by Crippen LogP contribution is 2.34. The Balaban J connectivity index is 1.45. The predicted molar refractivity (Wildman–Crippen MR) is 95.1 cm³/mol. The molecule has 2 saturated heterocycles. The number of carbonyl (C=O) groups is 1. The van der Waals surface area contributed by atoms with E-state index in [1.807, 2.05) is 19.1 Å². The van der Waals surface area contributed by atoms with Crippen molar-refractivity contribution in [2.45, 2.75) is 50.8 Å². The lowest BCUT2D eigenvalue weighted by molar-refractivity contribution is -0.144. The van der Waals surface area contributed by atoms with Crippen molar-refractivity contribution in [2.24, 2.45) is 0 Å². The van der Waals surface area contributed by atoms with Gasteiger partial charge in [0, 0.05) is 25.9 Å². The number of aryl methyl sites for hydroxylation is 1. The summed E-state index contributed by atoms with van der Waals surface area (Å²) < 4.78 is 18.1. The van der Waals surface area contributed by atoms with Crippen LogP contribution >= 0.6 is 0 Å². The van der Waals surface area contributed by atoms with Crippen LogP contribution in [0.1, 0.15) is 31.2 Å². The number of oxazole rings is 1. The fourth-order valence-corrected chi connectivity index (χ4v) is 3.98. The molecule has 2 aromatic rings. The minimum atomic E-state index is -0.506. The van der Waals surface area contributed by atoms with E-state index >= 15 is 0 Å². The molecule has 1 aromatic heterocycles. The number of amides is 1. The van der Waals surface area contributed by atoms with Gasteiger partial charge in [0.2, 0.25) is 5.91 Å². The van der Waals surface area contributed by atoms with E-state index in [-0.39, 0.29) is 24.1 Å². The number of nitrogens with zero attached hydrogens (tertiary/aromatic N) is 1. The highest BCUT2D eigenvalue weighted by Gasteiger charge is 2.39. The van der Waals surface area contributed by atoms with Crippen LogP contribution in [0.3, 0.4) is 0 Å². The maximum absolute atomic E-state index is 12.6. The van der Waals surface area contributed by atoms with Crippen molar-refractivity contribution in [3.05, 3.63) is 34.3 Å². The van der Waals surface area contributed by atoms with Gasteiger partial charge in [0.25, 0.3) is 0 Å². The lowest BCUT2D eigenvalue weighted by atomic mass is 9.84. The summed E-state index contributed by atoms with van der Waals surface area (Å²) in [5, 5.41) is 3.07. The Morgan fingerprint density at radius 3 is 2.92 bits per heavy atom. The number of hydrogen-bond donors (Lipinski definition) is 1. The molecule has 2 aliphatic heterocycles. The number of hydrogen-bond acceptors (Lipinski definition) is 5. The average Bonchev–Trinajstić information content (AvgIpc) is 2.91. The Hall–Kier alpha value is -2.12. The van der Waals surface area contributed by atoms with Crippen LogP contribution in [0.25, 0.3) is 11.1 Å². The first-order valence-corrected chi connectivity index (χ1v) is 9.16. The Kier molecular flexibility index (Phi) is 4.58. The normalized spacial score (nSPS) is 22.6. The Morgan fingerprint density at radius 2 is 2.12 bits per heavy atom. The zero-order valence-electron chi connectivity index (χ0n) is 15.0. The molecular weight excluding hydrogens is 336 g/mol. The molecule has 0 saturated carbocycles. The van der Waals surface area contributed by atoms with Gasteiger partial charge in [0.1, 0.15) is 6.54 Å². The number of carbonyl (C=O) groups excluding carboxylic acids is 1. The van der Waals surface area contributed by atoms with Crippen LogP contribution in [0.2, 0.25) is 0 Å². The summed E-state index contributed by atoms with van der Waals surface area (Å²) in [5.74, 6) is -0.681. The SMILES string of the molecule is Cc1ccc2oc(=O)n(CC(=O)N[C@@H]3CCOC4(CCOCC4)C3)c2c1. The quantitative estimate of drug-likeness (QED) is 0.902. The van der Waals surface area contributed by atoms with Gasteiger partial charge in [0.15, 0.2) is 5.58 Å². The molecule has 0 bridgehead atoms. The average molecular weight is 360 g/mol. The number of aromatic nitrogens is 1. The molecule has 1 spiro atoms. The fourth-order valence-electron chi connectivity index (χ4n) is 3.98. The molecule has 1 amide bonds. The molecule has 1 atom stereocenters. The topological polar surface area (TPSA) is 82.7 Å². The monoisotopic (exact) mass is 360 g/mol. The van der Waals surface area contributed by atoms with Crippen molar-refractivity contribution < 1.29 is 18.7 Å². The predicted octanol–water partition coefficient (Wildman–Crippen LogP) is 1.75. The second-order valence-electron chi connectivity index (χ2n) is 7.33. The van der Waals surface area contributed by atoms with Gasteiger partial charge in [-0.25, -0.2) is 4.79 Å². The van der Waals surface area contributed by atoms with E-state index in [9.17, 15) is 9.59 Å². The van der Waals surface area contributed by atoms with Crippen LogP contribution < -0.4 is 11.1 Å². The summed E-state index contributed by atoms with van der Waals surface area (Å²) >= 11 is 0. The van der Waals surface area contributed by atoms with Crippen LogP contribution in [-0.4, -0.2) is 41.9 Å². The van der Waals surface area contributed by atoms with Gasteiger partial charge in [0.05, 0.1) is 11.1 Å². The maximum atomic E-state index is 12.6. The van der Waals surface area contributed by atoms with Crippen LogP contribution in [-0.2, 0) is 20.8 Å². The van der Waals surface area contributed by atoms with Crippen molar-refractivity contribution in [2.75, 3.05) is 19.8 Å². The molecule has 2 fully saturated rings. The first-order valence-electron chi connectivity index (χ1n) is 9.16. The largest absolute Gasteiger partial charge is 0.420 e. The molecule has 140 valence electrons. The van der Waals surface area contributed by atoms with Crippen molar-refractivity contribution in [1.29, 1.82) is 0 Å². The van der Waals surface area contributed by atoms with Gasteiger partial charge in [-0.2, -0.15) is 0 Å². The number of rotatable bonds is 3.